The Labute approximate surface area is 156 Å². The maximum absolute atomic E-state index is 5.44. The van der Waals surface area contributed by atoms with Gasteiger partial charge in [0, 0.05) is 37.2 Å². The minimum absolute atomic E-state index is 0.441. The van der Waals surface area contributed by atoms with Crippen LogP contribution in [0.2, 0.25) is 0 Å². The number of methoxy groups -OCH3 is 2. The highest BCUT2D eigenvalue weighted by Crippen LogP contribution is 2.31. The van der Waals surface area contributed by atoms with Crippen LogP contribution in [-0.4, -0.2) is 60.5 Å². The zero-order valence-electron chi connectivity index (χ0n) is 15.2. The minimum atomic E-state index is 0.441. The van der Waals surface area contributed by atoms with E-state index < -0.39 is 0 Å². The summed E-state index contributed by atoms with van der Waals surface area (Å²) < 4.78 is 16.1. The molecule has 27 heavy (non-hydrogen) atoms. The Balaban J connectivity index is 1.71. The van der Waals surface area contributed by atoms with Gasteiger partial charge in [0.15, 0.2) is 28.5 Å². The number of hydrogen-bond donors (Lipinski definition) is 1. The fourth-order valence-electron chi connectivity index (χ4n) is 2.94. The quantitative estimate of drug-likeness (QED) is 0.725. The predicted molar refractivity (Wildman–Crippen MR) is 101 cm³/mol. The number of aromatic nitrogens is 4. The average Bonchev–Trinajstić information content (AvgIpc) is 2.73. The van der Waals surface area contributed by atoms with Crippen LogP contribution >= 0.6 is 0 Å². The van der Waals surface area contributed by atoms with Crippen molar-refractivity contribution in [3.63, 3.8) is 0 Å². The van der Waals surface area contributed by atoms with Gasteiger partial charge >= 0.3 is 0 Å². The van der Waals surface area contributed by atoms with Gasteiger partial charge in [0.25, 0.3) is 0 Å². The Morgan fingerprint density at radius 2 is 1.78 bits per heavy atom. The standard InChI is InChI=1S/C18H20N6O3/c1-25-13-4-3-12(11-14(13)26-2)21-18-22-16-15(19-5-6-20-16)17(23-18)24-7-9-27-10-8-24/h3-6,11H,7-10H2,1-2H3,(H,20,21,22,23). The van der Waals surface area contributed by atoms with Gasteiger partial charge in [-0.3, -0.25) is 0 Å². The molecule has 1 N–H and O–H groups in total. The Morgan fingerprint density at radius 1 is 1.00 bits per heavy atom. The van der Waals surface area contributed by atoms with Crippen molar-refractivity contribution < 1.29 is 14.2 Å². The number of morpholine rings is 1. The summed E-state index contributed by atoms with van der Waals surface area (Å²) in [7, 11) is 3.20. The highest BCUT2D eigenvalue weighted by atomic mass is 16.5. The van der Waals surface area contributed by atoms with Crippen molar-refractivity contribution in [1.82, 2.24) is 19.9 Å². The third-order valence-corrected chi connectivity index (χ3v) is 4.26. The van der Waals surface area contributed by atoms with E-state index in [0.29, 0.717) is 41.8 Å². The van der Waals surface area contributed by atoms with Crippen LogP contribution < -0.4 is 19.7 Å². The average molecular weight is 368 g/mol. The number of fused-ring (bicyclic) bond motifs is 1. The lowest BCUT2D eigenvalue weighted by atomic mass is 10.2. The number of nitrogens with zero attached hydrogens (tertiary/aromatic N) is 5. The molecule has 1 saturated heterocycles. The van der Waals surface area contributed by atoms with Crippen LogP contribution in [0, 0.1) is 0 Å². The monoisotopic (exact) mass is 368 g/mol. The van der Waals surface area contributed by atoms with Crippen molar-refractivity contribution in [2.75, 3.05) is 50.7 Å². The number of anilines is 3. The highest BCUT2D eigenvalue weighted by Gasteiger charge is 2.19. The van der Waals surface area contributed by atoms with Crippen LogP contribution in [0.5, 0.6) is 11.5 Å². The SMILES string of the molecule is COc1ccc(Nc2nc(N3CCOCC3)c3nccnc3n2)cc1OC. The third-order valence-electron chi connectivity index (χ3n) is 4.26. The molecule has 0 bridgehead atoms. The minimum Gasteiger partial charge on any atom is -0.493 e. The second-order valence-corrected chi connectivity index (χ2v) is 5.89. The second-order valence-electron chi connectivity index (χ2n) is 5.89. The zero-order chi connectivity index (χ0) is 18.6. The molecule has 2 aromatic heterocycles. The molecule has 0 aliphatic carbocycles. The molecule has 3 aromatic rings. The van der Waals surface area contributed by atoms with Gasteiger partial charge in [0.05, 0.1) is 27.4 Å². The molecule has 140 valence electrons. The molecule has 1 aromatic carbocycles. The maximum Gasteiger partial charge on any atom is 0.231 e. The summed E-state index contributed by atoms with van der Waals surface area (Å²) in [6, 6.07) is 5.53. The van der Waals surface area contributed by atoms with Gasteiger partial charge in [-0.2, -0.15) is 9.97 Å². The smallest absolute Gasteiger partial charge is 0.231 e. The normalized spacial score (nSPS) is 14.2. The van der Waals surface area contributed by atoms with Gasteiger partial charge in [-0.1, -0.05) is 0 Å². The predicted octanol–water partition coefficient (Wildman–Crippen LogP) is 2.02. The lowest BCUT2D eigenvalue weighted by Gasteiger charge is -2.28. The van der Waals surface area contributed by atoms with Crippen LogP contribution in [0.1, 0.15) is 0 Å². The first-order valence-corrected chi connectivity index (χ1v) is 8.59. The molecular weight excluding hydrogens is 348 g/mol. The first-order valence-electron chi connectivity index (χ1n) is 8.59. The molecule has 0 atom stereocenters. The molecular formula is C18H20N6O3. The maximum atomic E-state index is 5.44. The summed E-state index contributed by atoms with van der Waals surface area (Å²) in [5, 5.41) is 3.22. The molecule has 4 rings (SSSR count). The summed E-state index contributed by atoms with van der Waals surface area (Å²) in [6.07, 6.45) is 3.27. The molecule has 1 aliphatic rings. The number of nitrogens with one attached hydrogen (secondary N) is 1. The molecule has 0 unspecified atom stereocenters. The Bertz CT molecular complexity index is 946. The van der Waals surface area contributed by atoms with Crippen molar-refractivity contribution in [2.24, 2.45) is 0 Å². The summed E-state index contributed by atoms with van der Waals surface area (Å²) in [6.45, 7) is 2.81. The lowest BCUT2D eigenvalue weighted by Crippen LogP contribution is -2.37. The van der Waals surface area contributed by atoms with Crippen LogP contribution in [-0.2, 0) is 4.74 Å². The van der Waals surface area contributed by atoms with E-state index in [4.69, 9.17) is 19.2 Å². The van der Waals surface area contributed by atoms with Crippen LogP contribution in [0.15, 0.2) is 30.6 Å². The second kappa shape index (κ2) is 7.58. The largest absolute Gasteiger partial charge is 0.493 e. The van der Waals surface area contributed by atoms with E-state index in [2.05, 4.69) is 25.2 Å². The van der Waals surface area contributed by atoms with Crippen molar-refractivity contribution >= 4 is 28.6 Å². The Morgan fingerprint density at radius 3 is 2.56 bits per heavy atom. The van der Waals surface area contributed by atoms with Gasteiger partial charge in [-0.15, -0.1) is 0 Å². The van der Waals surface area contributed by atoms with E-state index in [0.717, 1.165) is 24.6 Å². The molecule has 0 radical (unpaired) electrons. The van der Waals surface area contributed by atoms with E-state index in [1.54, 1.807) is 26.6 Å². The molecule has 9 heteroatoms. The first-order chi connectivity index (χ1) is 13.3. The van der Waals surface area contributed by atoms with E-state index >= 15 is 0 Å². The topological polar surface area (TPSA) is 94.5 Å². The van der Waals surface area contributed by atoms with Crippen molar-refractivity contribution in [3.05, 3.63) is 30.6 Å². The van der Waals surface area contributed by atoms with Gasteiger partial charge in [-0.05, 0) is 12.1 Å². The zero-order valence-corrected chi connectivity index (χ0v) is 15.2. The van der Waals surface area contributed by atoms with Crippen molar-refractivity contribution in [1.29, 1.82) is 0 Å². The van der Waals surface area contributed by atoms with E-state index in [1.807, 2.05) is 18.2 Å². The fraction of sp³-hybridized carbons (Fsp3) is 0.333. The highest BCUT2D eigenvalue weighted by molar-refractivity contribution is 5.84. The van der Waals surface area contributed by atoms with Gasteiger partial charge in [0.2, 0.25) is 5.95 Å². The summed E-state index contributed by atoms with van der Waals surface area (Å²) >= 11 is 0. The molecule has 0 spiro atoms. The molecule has 9 nitrogen and oxygen atoms in total. The summed E-state index contributed by atoms with van der Waals surface area (Å²) in [5.41, 5.74) is 2.00. The van der Waals surface area contributed by atoms with Crippen LogP contribution in [0.3, 0.4) is 0 Å². The molecule has 0 saturated carbocycles. The molecule has 0 amide bonds. The van der Waals surface area contributed by atoms with Gasteiger partial charge < -0.3 is 24.4 Å². The fourth-order valence-corrected chi connectivity index (χ4v) is 2.94. The van der Waals surface area contributed by atoms with Gasteiger partial charge in [-0.25, -0.2) is 9.97 Å². The summed E-state index contributed by atoms with van der Waals surface area (Å²) in [4.78, 5) is 20.1. The molecule has 1 fully saturated rings. The van der Waals surface area contributed by atoms with Crippen molar-refractivity contribution in [3.8, 4) is 11.5 Å². The van der Waals surface area contributed by atoms with E-state index in [1.165, 1.54) is 0 Å². The van der Waals surface area contributed by atoms with E-state index in [9.17, 15) is 0 Å². The number of rotatable bonds is 5. The first kappa shape index (κ1) is 17.2. The third kappa shape index (κ3) is 3.54. The number of benzene rings is 1. The number of hydrogen-bond acceptors (Lipinski definition) is 9. The summed E-state index contributed by atoms with van der Waals surface area (Å²) in [5.74, 6) is 2.47. The molecule has 3 heterocycles. The van der Waals surface area contributed by atoms with Crippen LogP contribution in [0.25, 0.3) is 11.2 Å². The molecule has 1 aliphatic heterocycles. The number of ether oxygens (including phenoxy) is 3. The Kier molecular flexibility index (Phi) is 4.84. The van der Waals surface area contributed by atoms with Gasteiger partial charge in [0.1, 0.15) is 0 Å². The lowest BCUT2D eigenvalue weighted by molar-refractivity contribution is 0.122. The van der Waals surface area contributed by atoms with Crippen molar-refractivity contribution in [2.45, 2.75) is 0 Å². The van der Waals surface area contributed by atoms with Crippen LogP contribution in [0.4, 0.5) is 17.5 Å². The Hall–Kier alpha value is -3.20. The van der Waals surface area contributed by atoms with E-state index in [-0.39, 0.29) is 0 Å².